The van der Waals surface area contributed by atoms with Gasteiger partial charge in [-0.25, -0.2) is 10.4 Å². The van der Waals surface area contributed by atoms with E-state index in [0.717, 1.165) is 29.2 Å². The summed E-state index contributed by atoms with van der Waals surface area (Å²) in [5, 5.41) is 29.0. The largest absolute Gasteiger partial charge is 0.353 e. The number of guanidine groups is 1. The highest BCUT2D eigenvalue weighted by molar-refractivity contribution is 7.16. The summed E-state index contributed by atoms with van der Waals surface area (Å²) in [5.41, 5.74) is 3.33. The van der Waals surface area contributed by atoms with E-state index >= 15 is 0 Å². The van der Waals surface area contributed by atoms with Gasteiger partial charge in [0.15, 0.2) is 0 Å². The Morgan fingerprint density at radius 1 is 1.07 bits per heavy atom. The number of hydrazone groups is 1. The molecule has 0 aliphatic carbocycles. The van der Waals surface area contributed by atoms with Crippen LogP contribution in [0.4, 0.5) is 10.0 Å². The molecule has 2 aromatic heterocycles. The van der Waals surface area contributed by atoms with Crippen LogP contribution in [0.25, 0.3) is 12.2 Å². The van der Waals surface area contributed by atoms with Crippen LogP contribution in [0.1, 0.15) is 9.75 Å². The van der Waals surface area contributed by atoms with E-state index in [1.54, 1.807) is 36.4 Å². The van der Waals surface area contributed by atoms with Crippen molar-refractivity contribution < 1.29 is 9.85 Å². The number of rotatable bonds is 7. The minimum Gasteiger partial charge on any atom is -0.353 e. The van der Waals surface area contributed by atoms with Crippen LogP contribution >= 0.6 is 22.7 Å². The molecule has 0 fully saturated rings. The molecule has 10 nitrogen and oxygen atoms in total. The smallest absolute Gasteiger partial charge is 0.324 e. The average Bonchev–Trinajstić information content (AvgIpc) is 3.42. The van der Waals surface area contributed by atoms with Crippen LogP contribution in [0, 0.1) is 20.2 Å². The van der Waals surface area contributed by atoms with E-state index < -0.39 is 9.85 Å². The van der Waals surface area contributed by atoms with Gasteiger partial charge >= 0.3 is 10.0 Å². The van der Waals surface area contributed by atoms with Crippen molar-refractivity contribution in [2.45, 2.75) is 0 Å². The monoisotopic (exact) mass is 418 g/mol. The molecule has 1 aliphatic rings. The second-order valence-electron chi connectivity index (χ2n) is 5.34. The van der Waals surface area contributed by atoms with Gasteiger partial charge in [-0.05, 0) is 36.4 Å². The van der Waals surface area contributed by atoms with Crippen LogP contribution in [-0.4, -0.2) is 34.6 Å². The van der Waals surface area contributed by atoms with Crippen LogP contribution < -0.4 is 10.7 Å². The summed E-state index contributed by atoms with van der Waals surface area (Å²) in [6, 6.07) is 6.19. The molecule has 2 N–H and O–H groups in total. The Bertz CT molecular complexity index is 940. The first-order valence-corrected chi connectivity index (χ1v) is 9.61. The van der Waals surface area contributed by atoms with Crippen LogP contribution in [0.3, 0.4) is 0 Å². The van der Waals surface area contributed by atoms with Crippen molar-refractivity contribution in [2.24, 2.45) is 10.1 Å². The van der Waals surface area contributed by atoms with Gasteiger partial charge < -0.3 is 5.32 Å². The maximum Gasteiger partial charge on any atom is 0.324 e. The molecule has 12 heteroatoms. The zero-order chi connectivity index (χ0) is 19.9. The van der Waals surface area contributed by atoms with Crippen molar-refractivity contribution in [3.63, 3.8) is 0 Å². The predicted octanol–water partition coefficient (Wildman–Crippen LogP) is 3.26. The number of nitro groups is 2. The molecule has 0 bridgehead atoms. The van der Waals surface area contributed by atoms with E-state index in [2.05, 4.69) is 20.8 Å². The summed E-state index contributed by atoms with van der Waals surface area (Å²) < 4.78 is 0. The number of nitrogens with zero attached hydrogens (tertiary/aromatic N) is 4. The first-order chi connectivity index (χ1) is 13.5. The fraction of sp³-hybridized carbons (Fsp3) is 0.125. The van der Waals surface area contributed by atoms with E-state index in [-0.39, 0.29) is 10.0 Å². The zero-order valence-corrected chi connectivity index (χ0v) is 15.9. The Kier molecular flexibility index (Phi) is 6.24. The number of thiophene rings is 2. The molecule has 0 spiro atoms. The molecule has 2 aromatic rings. The molecule has 3 heterocycles. The van der Waals surface area contributed by atoms with Gasteiger partial charge in [-0.1, -0.05) is 22.7 Å². The summed E-state index contributed by atoms with van der Waals surface area (Å²) in [4.78, 5) is 26.3. The zero-order valence-electron chi connectivity index (χ0n) is 14.3. The maximum atomic E-state index is 10.8. The molecule has 0 radical (unpaired) electrons. The van der Waals surface area contributed by atoms with Gasteiger partial charge in [0.05, 0.1) is 22.1 Å². The van der Waals surface area contributed by atoms with Crippen LogP contribution in [0.2, 0.25) is 0 Å². The topological polar surface area (TPSA) is 135 Å². The third-order valence-corrected chi connectivity index (χ3v) is 5.39. The molecule has 1 aliphatic heterocycles. The first-order valence-electron chi connectivity index (χ1n) is 7.98. The van der Waals surface area contributed by atoms with Crippen molar-refractivity contribution in [2.75, 3.05) is 13.1 Å². The molecule has 0 saturated heterocycles. The van der Waals surface area contributed by atoms with E-state index in [0.29, 0.717) is 28.0 Å². The Hall–Kier alpha value is -3.38. The van der Waals surface area contributed by atoms with E-state index in [1.165, 1.54) is 12.1 Å². The minimum atomic E-state index is -0.438. The van der Waals surface area contributed by atoms with Crippen LogP contribution in [0.15, 0.2) is 46.5 Å². The molecule has 0 saturated carbocycles. The predicted molar refractivity (Wildman–Crippen MR) is 111 cm³/mol. The number of hydrogen-bond donors (Lipinski definition) is 2. The molecule has 3 rings (SSSR count). The quantitative estimate of drug-likeness (QED) is 0.402. The number of hydrogen-bond acceptors (Lipinski definition) is 10. The molecular weight excluding hydrogens is 404 g/mol. The van der Waals surface area contributed by atoms with Gasteiger partial charge in [-0.3, -0.25) is 20.2 Å². The summed E-state index contributed by atoms with van der Waals surface area (Å²) in [5.74, 6) is 0.554. The second kappa shape index (κ2) is 9.01. The molecule has 0 aromatic carbocycles. The summed E-state index contributed by atoms with van der Waals surface area (Å²) >= 11 is 2.11. The minimum absolute atomic E-state index is 0.0576. The number of nitrogens with one attached hydrogen (secondary N) is 2. The van der Waals surface area contributed by atoms with Crippen molar-refractivity contribution in [3.05, 3.63) is 66.4 Å². The third-order valence-electron chi connectivity index (χ3n) is 3.39. The summed E-state index contributed by atoms with van der Waals surface area (Å²) in [6.45, 7) is 1.40. The Labute approximate surface area is 166 Å². The molecule has 0 atom stereocenters. The Morgan fingerprint density at radius 3 is 2.07 bits per heavy atom. The van der Waals surface area contributed by atoms with Crippen LogP contribution in [0.5, 0.6) is 0 Å². The van der Waals surface area contributed by atoms with Crippen molar-refractivity contribution >= 4 is 56.5 Å². The summed E-state index contributed by atoms with van der Waals surface area (Å²) in [7, 11) is 0. The molecule has 0 unspecified atom stereocenters. The van der Waals surface area contributed by atoms with E-state index in [1.807, 2.05) is 0 Å². The number of aliphatic imine (C=N–C) groups is 1. The van der Waals surface area contributed by atoms with E-state index in [4.69, 9.17) is 0 Å². The lowest BCUT2D eigenvalue weighted by atomic mass is 10.2. The highest BCUT2D eigenvalue weighted by Gasteiger charge is 2.09. The number of allylic oxidation sites excluding steroid dienone is 2. The lowest BCUT2D eigenvalue weighted by molar-refractivity contribution is -0.380. The normalized spacial score (nSPS) is 13.5. The Balaban J connectivity index is 1.77. The van der Waals surface area contributed by atoms with Gasteiger partial charge in [-0.15, -0.1) is 0 Å². The lowest BCUT2D eigenvalue weighted by Gasteiger charge is -2.01. The molecular formula is C16H14N6O4S2. The van der Waals surface area contributed by atoms with Gasteiger partial charge in [-0.2, -0.15) is 5.10 Å². The standard InChI is InChI=1S/C16H14N6O4S2/c23-21(24)14-7-5-12(27-14)3-1-11(19-20-16-17-9-10-18-16)2-4-13-6-8-15(28-13)22(25)26/h1-8H,9-10H2,(H2,17,18,20)/b3-1+,4-2+. The van der Waals surface area contributed by atoms with Crippen molar-refractivity contribution in [1.29, 1.82) is 0 Å². The Morgan fingerprint density at radius 2 is 1.64 bits per heavy atom. The fourth-order valence-electron chi connectivity index (χ4n) is 2.12. The van der Waals surface area contributed by atoms with Crippen LogP contribution in [-0.2, 0) is 0 Å². The van der Waals surface area contributed by atoms with Crippen molar-refractivity contribution in [1.82, 2.24) is 10.7 Å². The fourth-order valence-corrected chi connectivity index (χ4v) is 3.56. The maximum absolute atomic E-state index is 10.8. The van der Waals surface area contributed by atoms with E-state index in [9.17, 15) is 20.2 Å². The molecule has 144 valence electrons. The highest BCUT2D eigenvalue weighted by atomic mass is 32.1. The SMILES string of the molecule is O=[N+]([O-])c1ccc(/C=C/C(/C=C/c2ccc([N+](=O)[O-])s2)=NNC2=NCCN2)s1. The highest BCUT2D eigenvalue weighted by Crippen LogP contribution is 2.26. The average molecular weight is 418 g/mol. The molecule has 28 heavy (non-hydrogen) atoms. The molecule has 0 amide bonds. The summed E-state index contributed by atoms with van der Waals surface area (Å²) in [6.07, 6.45) is 6.81. The third kappa shape index (κ3) is 5.31. The second-order valence-corrected chi connectivity index (χ2v) is 7.53. The van der Waals surface area contributed by atoms with Gasteiger partial charge in [0, 0.05) is 28.4 Å². The first kappa shape index (κ1) is 19.4. The van der Waals surface area contributed by atoms with Crippen molar-refractivity contribution in [3.8, 4) is 0 Å². The lowest BCUT2D eigenvalue weighted by Crippen LogP contribution is -2.30. The van der Waals surface area contributed by atoms with Gasteiger partial charge in [0.1, 0.15) is 0 Å². The van der Waals surface area contributed by atoms with Gasteiger partial charge in [0.2, 0.25) is 5.96 Å². The van der Waals surface area contributed by atoms with Gasteiger partial charge in [0.25, 0.3) is 0 Å².